The number of hydrogen-bond acceptors (Lipinski definition) is 4. The maximum atomic E-state index is 13.3. The lowest BCUT2D eigenvalue weighted by Crippen LogP contribution is -2.27. The van der Waals surface area contributed by atoms with Crippen LogP contribution in [0, 0.1) is 5.82 Å². The first-order chi connectivity index (χ1) is 9.72. The first-order valence-corrected chi connectivity index (χ1v) is 6.77. The predicted molar refractivity (Wildman–Crippen MR) is 77.1 cm³/mol. The first-order valence-electron chi connectivity index (χ1n) is 6.77. The molecule has 1 N–H and O–H groups in total. The van der Waals surface area contributed by atoms with Gasteiger partial charge in [0.05, 0.1) is 12.2 Å². The van der Waals surface area contributed by atoms with Crippen molar-refractivity contribution >= 4 is 5.69 Å². The van der Waals surface area contributed by atoms with E-state index in [1.807, 2.05) is 24.0 Å². The smallest absolute Gasteiger partial charge is 0.125 e. The van der Waals surface area contributed by atoms with Crippen molar-refractivity contribution in [2.75, 3.05) is 25.0 Å². The first kappa shape index (κ1) is 14.5. The molecule has 0 aliphatic rings. The van der Waals surface area contributed by atoms with E-state index in [4.69, 9.17) is 0 Å². The van der Waals surface area contributed by atoms with Crippen LogP contribution in [0.5, 0.6) is 0 Å². The van der Waals surface area contributed by atoms with E-state index in [1.165, 1.54) is 6.07 Å². The van der Waals surface area contributed by atoms with E-state index in [1.54, 1.807) is 12.1 Å². The largest absolute Gasteiger partial charge is 0.370 e. The molecule has 20 heavy (non-hydrogen) atoms. The molecule has 1 aromatic carbocycles. The molecule has 0 atom stereocenters. The monoisotopic (exact) mass is 277 g/mol. The molecule has 1 heterocycles. The Kier molecular flexibility index (Phi) is 5.06. The van der Waals surface area contributed by atoms with Crippen LogP contribution in [0.15, 0.2) is 30.5 Å². The SMILES string of the molecule is CCN(CCn1cc(CNC)nn1)c1cccc(F)c1. The van der Waals surface area contributed by atoms with Crippen molar-refractivity contribution in [2.45, 2.75) is 20.0 Å². The van der Waals surface area contributed by atoms with E-state index >= 15 is 0 Å². The third kappa shape index (κ3) is 3.77. The van der Waals surface area contributed by atoms with Crippen LogP contribution in [0.2, 0.25) is 0 Å². The summed E-state index contributed by atoms with van der Waals surface area (Å²) in [5, 5.41) is 11.2. The van der Waals surface area contributed by atoms with Crippen LogP contribution < -0.4 is 10.2 Å². The van der Waals surface area contributed by atoms with Gasteiger partial charge in [-0.2, -0.15) is 0 Å². The maximum Gasteiger partial charge on any atom is 0.125 e. The van der Waals surface area contributed by atoms with Crippen LogP contribution in [0.1, 0.15) is 12.6 Å². The van der Waals surface area contributed by atoms with Gasteiger partial charge in [-0.15, -0.1) is 5.10 Å². The zero-order chi connectivity index (χ0) is 14.4. The van der Waals surface area contributed by atoms with E-state index < -0.39 is 0 Å². The summed E-state index contributed by atoms with van der Waals surface area (Å²) in [5.41, 5.74) is 1.81. The highest BCUT2D eigenvalue weighted by Gasteiger charge is 2.06. The Morgan fingerprint density at radius 3 is 2.95 bits per heavy atom. The fourth-order valence-corrected chi connectivity index (χ4v) is 2.08. The van der Waals surface area contributed by atoms with Crippen LogP contribution >= 0.6 is 0 Å². The van der Waals surface area contributed by atoms with Gasteiger partial charge in [-0.3, -0.25) is 4.68 Å². The van der Waals surface area contributed by atoms with Gasteiger partial charge in [0.1, 0.15) is 5.82 Å². The average Bonchev–Trinajstić information content (AvgIpc) is 2.88. The van der Waals surface area contributed by atoms with Crippen molar-refractivity contribution < 1.29 is 4.39 Å². The van der Waals surface area contributed by atoms with Gasteiger partial charge in [0.15, 0.2) is 0 Å². The van der Waals surface area contributed by atoms with Gasteiger partial charge < -0.3 is 10.2 Å². The summed E-state index contributed by atoms with van der Waals surface area (Å²) in [7, 11) is 1.88. The Hall–Kier alpha value is -1.95. The lowest BCUT2D eigenvalue weighted by Gasteiger charge is -2.22. The van der Waals surface area contributed by atoms with Crippen LogP contribution in [0.3, 0.4) is 0 Å². The standard InChI is InChI=1S/C14H20FN5/c1-3-19(14-6-4-5-12(15)9-14)7-8-20-11-13(10-16-2)17-18-20/h4-6,9,11,16H,3,7-8,10H2,1-2H3. The van der Waals surface area contributed by atoms with E-state index in [2.05, 4.69) is 27.5 Å². The number of hydrogen-bond donors (Lipinski definition) is 1. The minimum Gasteiger partial charge on any atom is -0.370 e. The fourth-order valence-electron chi connectivity index (χ4n) is 2.08. The zero-order valence-electron chi connectivity index (χ0n) is 11.9. The normalized spacial score (nSPS) is 10.8. The lowest BCUT2D eigenvalue weighted by atomic mass is 10.2. The zero-order valence-corrected chi connectivity index (χ0v) is 11.9. The maximum absolute atomic E-state index is 13.3. The number of anilines is 1. The molecule has 0 saturated carbocycles. The van der Waals surface area contributed by atoms with Gasteiger partial charge in [0.25, 0.3) is 0 Å². The molecule has 1 aromatic heterocycles. The van der Waals surface area contributed by atoms with E-state index in [0.29, 0.717) is 6.54 Å². The second-order valence-corrected chi connectivity index (χ2v) is 4.56. The Labute approximate surface area is 118 Å². The molecule has 6 heteroatoms. The summed E-state index contributed by atoms with van der Waals surface area (Å²) >= 11 is 0. The van der Waals surface area contributed by atoms with E-state index in [9.17, 15) is 4.39 Å². The topological polar surface area (TPSA) is 46.0 Å². The van der Waals surface area contributed by atoms with Gasteiger partial charge >= 0.3 is 0 Å². The Bertz CT molecular complexity index is 540. The summed E-state index contributed by atoms with van der Waals surface area (Å²) in [6.07, 6.45) is 1.93. The van der Waals surface area contributed by atoms with E-state index in [-0.39, 0.29) is 5.82 Å². The molecule has 0 saturated heterocycles. The highest BCUT2D eigenvalue weighted by molar-refractivity contribution is 5.46. The molecule has 5 nitrogen and oxygen atoms in total. The summed E-state index contributed by atoms with van der Waals surface area (Å²) in [6, 6.07) is 6.66. The second kappa shape index (κ2) is 7.00. The molecule has 0 bridgehead atoms. The fraction of sp³-hybridized carbons (Fsp3) is 0.429. The molecule has 0 unspecified atom stereocenters. The summed E-state index contributed by atoms with van der Waals surface area (Å²) in [5.74, 6) is -0.210. The highest BCUT2D eigenvalue weighted by Crippen LogP contribution is 2.15. The predicted octanol–water partition coefficient (Wildman–Crippen LogP) is 1.66. The quantitative estimate of drug-likeness (QED) is 0.836. The van der Waals surface area contributed by atoms with Crippen molar-refractivity contribution in [1.82, 2.24) is 20.3 Å². The Morgan fingerprint density at radius 1 is 1.40 bits per heavy atom. The van der Waals surface area contributed by atoms with E-state index in [0.717, 1.165) is 31.0 Å². The summed E-state index contributed by atoms with van der Waals surface area (Å²) in [4.78, 5) is 2.11. The number of likely N-dealkylation sites (N-methyl/N-ethyl adjacent to an activating group) is 1. The number of halogens is 1. The molecule has 0 fully saturated rings. The lowest BCUT2D eigenvalue weighted by molar-refractivity contribution is 0.577. The Balaban J connectivity index is 1.96. The van der Waals surface area contributed by atoms with Crippen molar-refractivity contribution in [3.8, 4) is 0 Å². The third-order valence-corrected chi connectivity index (χ3v) is 3.10. The summed E-state index contributed by atoms with van der Waals surface area (Å²) in [6.45, 7) is 5.07. The van der Waals surface area contributed by atoms with Crippen molar-refractivity contribution in [1.29, 1.82) is 0 Å². The molecule has 0 spiro atoms. The highest BCUT2D eigenvalue weighted by atomic mass is 19.1. The van der Waals surface area contributed by atoms with Gasteiger partial charge in [0.2, 0.25) is 0 Å². The molecule has 2 aromatic rings. The molecule has 0 amide bonds. The second-order valence-electron chi connectivity index (χ2n) is 4.56. The van der Waals surface area contributed by atoms with Gasteiger partial charge in [-0.25, -0.2) is 4.39 Å². The molecule has 0 radical (unpaired) electrons. The van der Waals surface area contributed by atoms with Crippen molar-refractivity contribution in [2.24, 2.45) is 0 Å². The number of benzene rings is 1. The minimum absolute atomic E-state index is 0.210. The van der Waals surface area contributed by atoms with Gasteiger partial charge in [0, 0.05) is 31.5 Å². The van der Waals surface area contributed by atoms with Crippen LogP contribution in [-0.4, -0.2) is 35.1 Å². The number of nitrogens with one attached hydrogen (secondary N) is 1. The number of nitrogens with zero attached hydrogens (tertiary/aromatic N) is 4. The van der Waals surface area contributed by atoms with Crippen molar-refractivity contribution in [3.05, 3.63) is 42.0 Å². The van der Waals surface area contributed by atoms with Gasteiger partial charge in [-0.05, 0) is 32.2 Å². The minimum atomic E-state index is -0.210. The average molecular weight is 277 g/mol. The molecule has 0 aliphatic heterocycles. The summed E-state index contributed by atoms with van der Waals surface area (Å²) < 4.78 is 15.1. The van der Waals surface area contributed by atoms with Gasteiger partial charge in [-0.1, -0.05) is 11.3 Å². The molecular formula is C14H20FN5. The molecule has 2 rings (SSSR count). The van der Waals surface area contributed by atoms with Crippen molar-refractivity contribution in [3.63, 3.8) is 0 Å². The number of aromatic nitrogens is 3. The molecule has 108 valence electrons. The molecular weight excluding hydrogens is 257 g/mol. The van der Waals surface area contributed by atoms with Crippen LogP contribution in [-0.2, 0) is 13.1 Å². The third-order valence-electron chi connectivity index (χ3n) is 3.10. The van der Waals surface area contributed by atoms with Crippen LogP contribution in [0.4, 0.5) is 10.1 Å². The van der Waals surface area contributed by atoms with Crippen LogP contribution in [0.25, 0.3) is 0 Å². The molecule has 0 aliphatic carbocycles. The number of rotatable bonds is 7. The Morgan fingerprint density at radius 2 is 2.25 bits per heavy atom.